The van der Waals surface area contributed by atoms with E-state index in [1.54, 1.807) is 18.3 Å². The van der Waals surface area contributed by atoms with E-state index in [1.165, 1.54) is 17.7 Å². The maximum atomic E-state index is 10.8. The number of hydrogen-bond acceptors (Lipinski definition) is 5. The lowest BCUT2D eigenvalue weighted by molar-refractivity contribution is -0.384. The van der Waals surface area contributed by atoms with Crippen LogP contribution >= 0.6 is 45.2 Å². The summed E-state index contributed by atoms with van der Waals surface area (Å²) < 4.78 is 7.99. The van der Waals surface area contributed by atoms with Gasteiger partial charge < -0.3 is 9.57 Å². The van der Waals surface area contributed by atoms with Crippen molar-refractivity contribution in [3.05, 3.63) is 100 Å². The number of nitro benzene ring substituents is 1. The Balaban J connectivity index is 1.60. The van der Waals surface area contributed by atoms with Crippen LogP contribution in [0, 0.1) is 24.2 Å². The molecular formula is C22H18I2N2O4. The van der Waals surface area contributed by atoms with E-state index in [0.717, 1.165) is 24.0 Å². The maximum Gasteiger partial charge on any atom is 0.269 e. The van der Waals surface area contributed by atoms with Gasteiger partial charge in [0.2, 0.25) is 0 Å². The highest BCUT2D eigenvalue weighted by atomic mass is 127. The molecule has 3 rings (SSSR count). The number of oxime groups is 1. The largest absolute Gasteiger partial charge is 0.487 e. The summed E-state index contributed by atoms with van der Waals surface area (Å²) in [6.45, 7) is 2.73. The van der Waals surface area contributed by atoms with Crippen LogP contribution in [0.2, 0.25) is 0 Å². The Bertz CT molecular complexity index is 1060. The number of non-ortho nitro benzene ring substituents is 1. The van der Waals surface area contributed by atoms with Gasteiger partial charge >= 0.3 is 0 Å². The SMILES string of the molecule is Cc1cccc(COc2c(I)cc(/C=N\OCc3cccc([N+](=O)[O-])c3)cc2I)c1. The Morgan fingerprint density at radius 1 is 1.00 bits per heavy atom. The fourth-order valence-electron chi connectivity index (χ4n) is 2.72. The highest BCUT2D eigenvalue weighted by Crippen LogP contribution is 2.29. The van der Waals surface area contributed by atoms with E-state index < -0.39 is 4.92 Å². The van der Waals surface area contributed by atoms with Gasteiger partial charge in [-0.15, -0.1) is 0 Å². The van der Waals surface area contributed by atoms with Crippen LogP contribution in [-0.2, 0) is 18.1 Å². The van der Waals surface area contributed by atoms with Crippen molar-refractivity contribution in [3.63, 3.8) is 0 Å². The molecule has 6 nitrogen and oxygen atoms in total. The molecule has 0 N–H and O–H groups in total. The molecule has 0 bridgehead atoms. The monoisotopic (exact) mass is 628 g/mol. The number of rotatable bonds is 8. The lowest BCUT2D eigenvalue weighted by Gasteiger charge is -2.12. The average molecular weight is 628 g/mol. The number of nitrogens with zero attached hydrogens (tertiary/aromatic N) is 2. The number of ether oxygens (including phenoxy) is 1. The van der Waals surface area contributed by atoms with Gasteiger partial charge in [-0.25, -0.2) is 0 Å². The fourth-order valence-corrected chi connectivity index (χ4v) is 4.85. The molecular weight excluding hydrogens is 610 g/mol. The number of halogens is 2. The predicted molar refractivity (Wildman–Crippen MR) is 133 cm³/mol. The normalized spacial score (nSPS) is 10.9. The zero-order chi connectivity index (χ0) is 21.5. The van der Waals surface area contributed by atoms with Crippen LogP contribution in [-0.4, -0.2) is 11.1 Å². The zero-order valence-corrected chi connectivity index (χ0v) is 20.4. The Kier molecular flexibility index (Phi) is 8.02. The first-order valence-electron chi connectivity index (χ1n) is 8.98. The molecule has 0 saturated carbocycles. The predicted octanol–water partition coefficient (Wildman–Crippen LogP) is 6.24. The summed E-state index contributed by atoms with van der Waals surface area (Å²) in [5.41, 5.74) is 3.93. The van der Waals surface area contributed by atoms with E-state index in [4.69, 9.17) is 9.57 Å². The third kappa shape index (κ3) is 6.39. The van der Waals surface area contributed by atoms with Gasteiger partial charge in [0, 0.05) is 12.1 Å². The van der Waals surface area contributed by atoms with Crippen molar-refractivity contribution < 1.29 is 14.5 Å². The molecule has 0 aliphatic heterocycles. The molecule has 0 saturated heterocycles. The summed E-state index contributed by atoms with van der Waals surface area (Å²) in [6, 6.07) is 18.5. The van der Waals surface area contributed by atoms with Crippen molar-refractivity contribution >= 4 is 57.1 Å². The highest BCUT2D eigenvalue weighted by molar-refractivity contribution is 14.1. The number of hydrogen-bond donors (Lipinski definition) is 0. The molecule has 0 aliphatic carbocycles. The Morgan fingerprint density at radius 2 is 1.67 bits per heavy atom. The van der Waals surface area contributed by atoms with E-state index in [2.05, 4.69) is 69.4 Å². The summed E-state index contributed by atoms with van der Waals surface area (Å²) in [7, 11) is 0. The molecule has 3 aromatic rings. The second-order valence-electron chi connectivity index (χ2n) is 6.53. The minimum absolute atomic E-state index is 0.0328. The number of benzene rings is 3. The van der Waals surface area contributed by atoms with Crippen molar-refractivity contribution in [2.45, 2.75) is 20.1 Å². The van der Waals surface area contributed by atoms with E-state index >= 15 is 0 Å². The van der Waals surface area contributed by atoms with Gasteiger partial charge in [-0.3, -0.25) is 10.1 Å². The lowest BCUT2D eigenvalue weighted by atomic mass is 10.1. The molecule has 0 fully saturated rings. The molecule has 0 unspecified atom stereocenters. The lowest BCUT2D eigenvalue weighted by Crippen LogP contribution is -2.00. The van der Waals surface area contributed by atoms with E-state index in [0.29, 0.717) is 12.2 Å². The molecule has 3 aromatic carbocycles. The maximum absolute atomic E-state index is 10.8. The minimum atomic E-state index is -0.431. The van der Waals surface area contributed by atoms with Gasteiger partial charge in [-0.1, -0.05) is 47.1 Å². The second kappa shape index (κ2) is 10.7. The van der Waals surface area contributed by atoms with Gasteiger partial charge in [0.25, 0.3) is 5.69 Å². The Morgan fingerprint density at radius 3 is 2.33 bits per heavy atom. The van der Waals surface area contributed by atoms with E-state index in [-0.39, 0.29) is 12.3 Å². The van der Waals surface area contributed by atoms with Crippen LogP contribution < -0.4 is 4.74 Å². The van der Waals surface area contributed by atoms with Crippen LogP contribution in [0.3, 0.4) is 0 Å². The number of nitro groups is 1. The smallest absolute Gasteiger partial charge is 0.269 e. The van der Waals surface area contributed by atoms with Gasteiger partial charge in [0.15, 0.2) is 0 Å². The third-order valence-electron chi connectivity index (χ3n) is 4.12. The summed E-state index contributed by atoms with van der Waals surface area (Å²) in [4.78, 5) is 15.7. The van der Waals surface area contributed by atoms with Gasteiger partial charge in [-0.2, -0.15) is 0 Å². The first kappa shape index (κ1) is 22.5. The summed E-state index contributed by atoms with van der Waals surface area (Å²) in [5, 5.41) is 14.8. The second-order valence-corrected chi connectivity index (χ2v) is 8.85. The molecule has 0 aliphatic rings. The van der Waals surface area contributed by atoms with Crippen LogP contribution in [0.5, 0.6) is 5.75 Å². The van der Waals surface area contributed by atoms with Crippen molar-refractivity contribution in [1.82, 2.24) is 0 Å². The fraction of sp³-hybridized carbons (Fsp3) is 0.136. The summed E-state index contributed by atoms with van der Waals surface area (Å²) >= 11 is 4.49. The molecule has 0 radical (unpaired) electrons. The van der Waals surface area contributed by atoms with E-state index in [9.17, 15) is 10.1 Å². The van der Waals surface area contributed by atoms with Gasteiger partial charge in [0.1, 0.15) is 19.0 Å². The third-order valence-corrected chi connectivity index (χ3v) is 5.72. The molecule has 0 aromatic heterocycles. The quantitative estimate of drug-likeness (QED) is 0.128. The Labute approximate surface area is 201 Å². The molecule has 0 amide bonds. The summed E-state index contributed by atoms with van der Waals surface area (Å²) in [6.07, 6.45) is 1.62. The van der Waals surface area contributed by atoms with Crippen molar-refractivity contribution in [1.29, 1.82) is 0 Å². The topological polar surface area (TPSA) is 74.0 Å². The standard InChI is InChI=1S/C22H18I2N2O4/c1-15-4-2-5-16(8-15)13-29-22-20(23)10-18(11-21(22)24)12-25-30-14-17-6-3-7-19(9-17)26(27)28/h2-12H,13-14H2,1H3/b25-12-. The van der Waals surface area contributed by atoms with Crippen LogP contribution in [0.15, 0.2) is 65.8 Å². The molecule has 8 heteroatoms. The minimum Gasteiger partial charge on any atom is -0.487 e. The molecule has 154 valence electrons. The van der Waals surface area contributed by atoms with Crippen LogP contribution in [0.4, 0.5) is 5.69 Å². The average Bonchev–Trinajstić information content (AvgIpc) is 2.71. The van der Waals surface area contributed by atoms with Crippen LogP contribution in [0.25, 0.3) is 0 Å². The highest BCUT2D eigenvalue weighted by Gasteiger charge is 2.09. The van der Waals surface area contributed by atoms with Crippen LogP contribution in [0.1, 0.15) is 22.3 Å². The summed E-state index contributed by atoms with van der Waals surface area (Å²) in [5.74, 6) is 0.840. The van der Waals surface area contributed by atoms with Crippen molar-refractivity contribution in [2.24, 2.45) is 5.16 Å². The molecule has 0 atom stereocenters. The van der Waals surface area contributed by atoms with Crippen molar-refractivity contribution in [2.75, 3.05) is 0 Å². The zero-order valence-electron chi connectivity index (χ0n) is 16.0. The van der Waals surface area contributed by atoms with E-state index in [1.807, 2.05) is 24.3 Å². The van der Waals surface area contributed by atoms with Gasteiger partial charge in [0.05, 0.1) is 18.3 Å². The Hall–Kier alpha value is -2.21. The first-order valence-corrected chi connectivity index (χ1v) is 11.1. The number of aryl methyl sites for hydroxylation is 1. The molecule has 30 heavy (non-hydrogen) atoms. The van der Waals surface area contributed by atoms with Crippen molar-refractivity contribution in [3.8, 4) is 5.75 Å². The molecule has 0 heterocycles. The van der Waals surface area contributed by atoms with Gasteiger partial charge in [-0.05, 0) is 80.9 Å². The first-order chi connectivity index (χ1) is 14.4. The molecule has 0 spiro atoms.